The molecule has 4 aromatic carbocycles. The first-order valence-corrected chi connectivity index (χ1v) is 13.2. The van der Waals surface area contributed by atoms with E-state index in [-0.39, 0.29) is 5.92 Å². The first kappa shape index (κ1) is 23.0. The number of nitrogens with one attached hydrogen (secondary N) is 1. The lowest BCUT2D eigenvalue weighted by Gasteiger charge is -2.27. The van der Waals surface area contributed by atoms with Crippen molar-refractivity contribution < 1.29 is 0 Å². The number of hydrogen-bond donors (Lipinski definition) is 1. The molecule has 6 aromatic rings. The van der Waals surface area contributed by atoms with Gasteiger partial charge in [0.15, 0.2) is 11.6 Å². The largest absolute Gasteiger partial charge is 0.275 e. The molecule has 1 aliphatic rings. The fourth-order valence-electron chi connectivity index (χ4n) is 5.62. The first-order chi connectivity index (χ1) is 19.2. The van der Waals surface area contributed by atoms with Crippen LogP contribution in [0, 0.1) is 13.8 Å². The van der Waals surface area contributed by atoms with Gasteiger partial charge in [0.2, 0.25) is 0 Å². The smallest absolute Gasteiger partial charge is 0.160 e. The van der Waals surface area contributed by atoms with E-state index in [1.807, 2.05) is 35.0 Å². The van der Waals surface area contributed by atoms with Crippen LogP contribution in [0.3, 0.4) is 0 Å². The maximum atomic E-state index is 5.13. The molecule has 0 saturated heterocycles. The average Bonchev–Trinajstić information content (AvgIpc) is 3.44. The van der Waals surface area contributed by atoms with E-state index in [4.69, 9.17) is 10.2 Å². The second-order valence-corrected chi connectivity index (χ2v) is 9.79. The Balaban J connectivity index is 1.59. The zero-order valence-electron chi connectivity index (χ0n) is 21.9. The van der Waals surface area contributed by atoms with Gasteiger partial charge in [0.1, 0.15) is 0 Å². The van der Waals surface area contributed by atoms with Crippen molar-refractivity contribution in [1.29, 1.82) is 0 Å². The molecule has 0 radical (unpaired) electrons. The van der Waals surface area contributed by atoms with Crippen LogP contribution in [0.25, 0.3) is 11.4 Å². The SMILES string of the molecule is Cc1nn(-c2ccccc2)c2c1C(c1ccccc1)c1c(C)nn(-c3ccccc3)c1N(c1ccccc1)N2. The standard InChI is InChI=1S/C33H28N6/c1-23-29-31(25-15-7-3-8-16-25)30-24(2)35-38(27-19-11-5-12-20-27)33(30)39(28-21-13-6-14-22-28)36-32(29)37(34-23)26-17-9-4-10-18-26/h3-22,31,36H,1-2H3. The minimum absolute atomic E-state index is 0.0765. The van der Waals surface area contributed by atoms with Gasteiger partial charge in [0.05, 0.1) is 28.5 Å². The number of hydrazine groups is 1. The molecule has 1 atom stereocenters. The number of aromatic nitrogens is 4. The lowest BCUT2D eigenvalue weighted by atomic mass is 9.84. The predicted octanol–water partition coefficient (Wildman–Crippen LogP) is 7.33. The number of nitrogens with zero attached hydrogens (tertiary/aromatic N) is 5. The highest BCUT2D eigenvalue weighted by Crippen LogP contribution is 2.48. The Hall–Kier alpha value is -5.10. The van der Waals surface area contributed by atoms with Crippen LogP contribution in [0.2, 0.25) is 0 Å². The molecular formula is C33H28N6. The maximum Gasteiger partial charge on any atom is 0.160 e. The minimum atomic E-state index is -0.0765. The van der Waals surface area contributed by atoms with Gasteiger partial charge in [-0.3, -0.25) is 5.43 Å². The Morgan fingerprint density at radius 1 is 0.538 bits per heavy atom. The zero-order chi connectivity index (χ0) is 26.3. The van der Waals surface area contributed by atoms with Crippen molar-refractivity contribution in [2.75, 3.05) is 10.4 Å². The Labute approximate surface area is 227 Å². The van der Waals surface area contributed by atoms with E-state index in [0.29, 0.717) is 0 Å². The molecule has 0 fully saturated rings. The molecular weight excluding hydrogens is 480 g/mol. The molecule has 6 heteroatoms. The van der Waals surface area contributed by atoms with Gasteiger partial charge < -0.3 is 0 Å². The van der Waals surface area contributed by atoms with Gasteiger partial charge in [-0.15, -0.1) is 0 Å². The highest BCUT2D eigenvalue weighted by molar-refractivity contribution is 5.78. The summed E-state index contributed by atoms with van der Waals surface area (Å²) in [5, 5.41) is 12.4. The monoisotopic (exact) mass is 508 g/mol. The van der Waals surface area contributed by atoms with Crippen LogP contribution in [-0.4, -0.2) is 19.6 Å². The predicted molar refractivity (Wildman–Crippen MR) is 156 cm³/mol. The number of para-hydroxylation sites is 3. The van der Waals surface area contributed by atoms with E-state index in [1.54, 1.807) is 0 Å². The number of anilines is 3. The van der Waals surface area contributed by atoms with Crippen LogP contribution in [0.15, 0.2) is 121 Å². The van der Waals surface area contributed by atoms with Gasteiger partial charge in [-0.2, -0.15) is 10.2 Å². The molecule has 2 aromatic heterocycles. The van der Waals surface area contributed by atoms with E-state index in [1.165, 1.54) is 5.56 Å². The summed E-state index contributed by atoms with van der Waals surface area (Å²) in [6.45, 7) is 4.21. The van der Waals surface area contributed by atoms with Crippen molar-refractivity contribution in [2.24, 2.45) is 0 Å². The van der Waals surface area contributed by atoms with Crippen LogP contribution in [0.4, 0.5) is 17.3 Å². The molecule has 1 N–H and O–H groups in total. The van der Waals surface area contributed by atoms with Crippen molar-refractivity contribution in [2.45, 2.75) is 19.8 Å². The normalized spacial score (nSPS) is 14.3. The van der Waals surface area contributed by atoms with Crippen molar-refractivity contribution in [3.8, 4) is 11.4 Å². The highest BCUT2D eigenvalue weighted by Gasteiger charge is 2.38. The van der Waals surface area contributed by atoms with E-state index in [0.717, 1.165) is 51.2 Å². The lowest BCUT2D eigenvalue weighted by Crippen LogP contribution is -2.28. The molecule has 3 heterocycles. The fourth-order valence-corrected chi connectivity index (χ4v) is 5.62. The summed E-state index contributed by atoms with van der Waals surface area (Å²) < 4.78 is 4.08. The Bertz CT molecular complexity index is 1740. The maximum absolute atomic E-state index is 5.13. The third-order valence-electron chi connectivity index (χ3n) is 7.34. The number of hydrogen-bond acceptors (Lipinski definition) is 4. The van der Waals surface area contributed by atoms with Crippen LogP contribution >= 0.6 is 0 Å². The molecule has 0 spiro atoms. The topological polar surface area (TPSA) is 50.9 Å². The molecule has 0 amide bonds. The summed E-state index contributed by atoms with van der Waals surface area (Å²) in [4.78, 5) is 0. The number of fused-ring (bicyclic) bond motifs is 2. The lowest BCUT2D eigenvalue weighted by molar-refractivity contribution is 0.833. The summed E-state index contributed by atoms with van der Waals surface area (Å²) in [5.74, 6) is 1.84. The molecule has 39 heavy (non-hydrogen) atoms. The Morgan fingerprint density at radius 3 is 1.59 bits per heavy atom. The van der Waals surface area contributed by atoms with Crippen LogP contribution in [0.1, 0.15) is 34.0 Å². The second-order valence-electron chi connectivity index (χ2n) is 9.79. The molecule has 1 unspecified atom stereocenters. The van der Waals surface area contributed by atoms with Crippen LogP contribution in [0.5, 0.6) is 0 Å². The van der Waals surface area contributed by atoms with Gasteiger partial charge in [0.25, 0.3) is 0 Å². The van der Waals surface area contributed by atoms with Gasteiger partial charge in [-0.1, -0.05) is 84.9 Å². The summed E-state index contributed by atoms with van der Waals surface area (Å²) in [7, 11) is 0. The fraction of sp³-hybridized carbons (Fsp3) is 0.0909. The molecule has 0 aliphatic carbocycles. The second kappa shape index (κ2) is 9.33. The van der Waals surface area contributed by atoms with Crippen molar-refractivity contribution in [3.05, 3.63) is 149 Å². The number of rotatable bonds is 4. The molecule has 190 valence electrons. The minimum Gasteiger partial charge on any atom is -0.275 e. The van der Waals surface area contributed by atoms with Gasteiger partial charge >= 0.3 is 0 Å². The summed E-state index contributed by atoms with van der Waals surface area (Å²) in [6.07, 6.45) is 0. The summed E-state index contributed by atoms with van der Waals surface area (Å²) in [5.41, 5.74) is 12.3. The summed E-state index contributed by atoms with van der Waals surface area (Å²) >= 11 is 0. The van der Waals surface area contributed by atoms with E-state index in [2.05, 4.69) is 120 Å². The third-order valence-corrected chi connectivity index (χ3v) is 7.34. The van der Waals surface area contributed by atoms with Gasteiger partial charge in [-0.25, -0.2) is 14.4 Å². The molecule has 0 bridgehead atoms. The average molecular weight is 509 g/mol. The van der Waals surface area contributed by atoms with E-state index >= 15 is 0 Å². The van der Waals surface area contributed by atoms with Crippen LogP contribution in [-0.2, 0) is 0 Å². The van der Waals surface area contributed by atoms with E-state index < -0.39 is 0 Å². The quantitative estimate of drug-likeness (QED) is 0.271. The third kappa shape index (κ3) is 3.80. The first-order valence-electron chi connectivity index (χ1n) is 13.2. The summed E-state index contributed by atoms with van der Waals surface area (Å²) in [6, 6.07) is 41.7. The highest BCUT2D eigenvalue weighted by atomic mass is 15.6. The Kier molecular flexibility index (Phi) is 5.51. The number of benzene rings is 4. The Morgan fingerprint density at radius 2 is 1.00 bits per heavy atom. The molecule has 1 aliphatic heterocycles. The van der Waals surface area contributed by atoms with Gasteiger partial charge in [0, 0.05) is 17.0 Å². The van der Waals surface area contributed by atoms with E-state index in [9.17, 15) is 0 Å². The van der Waals surface area contributed by atoms with Crippen LogP contribution < -0.4 is 10.4 Å². The van der Waals surface area contributed by atoms with Crippen molar-refractivity contribution >= 4 is 17.3 Å². The molecule has 6 nitrogen and oxygen atoms in total. The van der Waals surface area contributed by atoms with Gasteiger partial charge in [-0.05, 0) is 55.8 Å². The molecule has 7 rings (SSSR count). The van der Waals surface area contributed by atoms with Crippen molar-refractivity contribution in [1.82, 2.24) is 19.6 Å². The molecule has 0 saturated carbocycles. The zero-order valence-corrected chi connectivity index (χ0v) is 21.9. The number of aryl methyl sites for hydroxylation is 2. The van der Waals surface area contributed by atoms with Crippen molar-refractivity contribution in [3.63, 3.8) is 0 Å².